The normalized spacial score (nSPS) is 19.9. The van der Waals surface area contributed by atoms with Crippen molar-refractivity contribution in [2.75, 3.05) is 13.1 Å². The van der Waals surface area contributed by atoms with E-state index in [1.54, 1.807) is 0 Å². The van der Waals surface area contributed by atoms with Gasteiger partial charge in [-0.3, -0.25) is 5.10 Å². The molecule has 1 aliphatic rings. The molecule has 3 heterocycles. The third-order valence-corrected chi connectivity index (χ3v) is 3.21. The van der Waals surface area contributed by atoms with Crippen LogP contribution >= 0.6 is 12.4 Å². The molecule has 1 aliphatic heterocycles. The number of aromatic amines is 2. The highest BCUT2D eigenvalue weighted by Gasteiger charge is 2.17. The van der Waals surface area contributed by atoms with E-state index in [1.165, 1.54) is 18.5 Å². The van der Waals surface area contributed by atoms with Crippen LogP contribution in [0.1, 0.15) is 24.5 Å². The quantitative estimate of drug-likeness (QED) is 0.768. The number of nitrogens with one attached hydrogen (secondary N) is 3. The molecule has 2 aromatic rings. The van der Waals surface area contributed by atoms with Gasteiger partial charge >= 0.3 is 0 Å². The molecule has 17 heavy (non-hydrogen) atoms. The van der Waals surface area contributed by atoms with Gasteiger partial charge in [0.1, 0.15) is 5.69 Å². The van der Waals surface area contributed by atoms with E-state index in [2.05, 4.69) is 26.6 Å². The summed E-state index contributed by atoms with van der Waals surface area (Å²) in [5.74, 6) is 0.588. The number of hydrogen-bond donors (Lipinski definition) is 3. The average Bonchev–Trinajstić information content (AvgIpc) is 3.01. The van der Waals surface area contributed by atoms with Crippen molar-refractivity contribution in [2.45, 2.75) is 18.8 Å². The van der Waals surface area contributed by atoms with Crippen LogP contribution in [0.25, 0.3) is 11.4 Å². The van der Waals surface area contributed by atoms with Crippen molar-refractivity contribution in [3.05, 3.63) is 30.1 Å². The summed E-state index contributed by atoms with van der Waals surface area (Å²) in [7, 11) is 0. The average molecular weight is 253 g/mol. The molecule has 0 aromatic carbocycles. The Morgan fingerprint density at radius 1 is 1.35 bits per heavy atom. The fourth-order valence-electron chi connectivity index (χ4n) is 2.29. The van der Waals surface area contributed by atoms with E-state index in [4.69, 9.17) is 0 Å². The van der Waals surface area contributed by atoms with Gasteiger partial charge in [-0.15, -0.1) is 12.4 Å². The second kappa shape index (κ2) is 5.38. The zero-order valence-electron chi connectivity index (χ0n) is 9.57. The van der Waals surface area contributed by atoms with Gasteiger partial charge in [-0.1, -0.05) is 0 Å². The lowest BCUT2D eigenvalue weighted by atomic mass is 9.96. The Kier molecular flexibility index (Phi) is 3.86. The molecule has 0 bridgehead atoms. The van der Waals surface area contributed by atoms with E-state index < -0.39 is 0 Å². The Labute approximate surface area is 107 Å². The van der Waals surface area contributed by atoms with Crippen molar-refractivity contribution >= 4 is 12.4 Å². The second-order valence-corrected chi connectivity index (χ2v) is 4.34. The van der Waals surface area contributed by atoms with Crippen molar-refractivity contribution < 1.29 is 0 Å². The lowest BCUT2D eigenvalue weighted by Crippen LogP contribution is -2.28. The number of H-pyrrole nitrogens is 2. The number of nitrogens with zero attached hydrogens (tertiary/aromatic N) is 1. The van der Waals surface area contributed by atoms with Gasteiger partial charge in [-0.2, -0.15) is 5.10 Å². The largest absolute Gasteiger partial charge is 0.360 e. The number of hydrogen-bond acceptors (Lipinski definition) is 2. The molecule has 0 unspecified atom stereocenters. The van der Waals surface area contributed by atoms with E-state index in [9.17, 15) is 0 Å². The fraction of sp³-hybridized carbons (Fsp3) is 0.417. The summed E-state index contributed by atoms with van der Waals surface area (Å²) in [6.07, 6.45) is 4.42. The molecular formula is C12H17ClN4. The van der Waals surface area contributed by atoms with Crippen LogP contribution in [-0.2, 0) is 0 Å². The third-order valence-electron chi connectivity index (χ3n) is 3.21. The predicted molar refractivity (Wildman–Crippen MR) is 70.5 cm³/mol. The molecule has 0 aliphatic carbocycles. The first kappa shape index (κ1) is 12.2. The van der Waals surface area contributed by atoms with Gasteiger partial charge in [-0.25, -0.2) is 0 Å². The van der Waals surface area contributed by atoms with Gasteiger partial charge in [0.25, 0.3) is 0 Å². The first-order valence-corrected chi connectivity index (χ1v) is 5.83. The number of aromatic nitrogens is 3. The maximum Gasteiger partial charge on any atom is 0.109 e. The Bertz CT molecular complexity index is 443. The second-order valence-electron chi connectivity index (χ2n) is 4.34. The van der Waals surface area contributed by atoms with Gasteiger partial charge in [0, 0.05) is 24.4 Å². The van der Waals surface area contributed by atoms with E-state index in [-0.39, 0.29) is 12.4 Å². The van der Waals surface area contributed by atoms with E-state index in [1.807, 2.05) is 18.3 Å². The summed E-state index contributed by atoms with van der Waals surface area (Å²) >= 11 is 0. The Hall–Kier alpha value is -1.26. The molecule has 3 rings (SSSR count). The standard InChI is InChI=1S/C12H16N4.ClH/c1-3-9(8-13-5-1)11-7-12(16-15-11)10-4-2-6-14-10;/h2,4,6-7,9,13-14H,1,3,5,8H2,(H,15,16);1H/t9-;/m0./s1. The molecule has 4 nitrogen and oxygen atoms in total. The minimum absolute atomic E-state index is 0. The van der Waals surface area contributed by atoms with Gasteiger partial charge in [0.2, 0.25) is 0 Å². The molecule has 2 aromatic heterocycles. The summed E-state index contributed by atoms with van der Waals surface area (Å²) in [5, 5.41) is 10.9. The van der Waals surface area contributed by atoms with Crippen LogP contribution in [0.15, 0.2) is 24.4 Å². The topological polar surface area (TPSA) is 56.5 Å². The lowest BCUT2D eigenvalue weighted by molar-refractivity contribution is 0.454. The Morgan fingerprint density at radius 2 is 2.29 bits per heavy atom. The van der Waals surface area contributed by atoms with Crippen LogP contribution in [0, 0.1) is 0 Å². The molecular weight excluding hydrogens is 236 g/mol. The van der Waals surface area contributed by atoms with Crippen LogP contribution in [0.4, 0.5) is 0 Å². The van der Waals surface area contributed by atoms with Crippen molar-refractivity contribution in [3.8, 4) is 11.4 Å². The van der Waals surface area contributed by atoms with Crippen LogP contribution in [0.3, 0.4) is 0 Å². The zero-order valence-corrected chi connectivity index (χ0v) is 10.4. The molecule has 3 N–H and O–H groups in total. The van der Waals surface area contributed by atoms with Crippen LogP contribution < -0.4 is 5.32 Å². The smallest absolute Gasteiger partial charge is 0.109 e. The molecule has 0 radical (unpaired) electrons. The summed E-state index contributed by atoms with van der Waals surface area (Å²) in [5.41, 5.74) is 3.33. The zero-order chi connectivity index (χ0) is 10.8. The van der Waals surface area contributed by atoms with E-state index >= 15 is 0 Å². The molecule has 1 fully saturated rings. The summed E-state index contributed by atoms with van der Waals surface area (Å²) in [6, 6.07) is 6.19. The first-order chi connectivity index (χ1) is 7.93. The van der Waals surface area contributed by atoms with E-state index in [0.29, 0.717) is 5.92 Å². The predicted octanol–water partition coefficient (Wildman–Crippen LogP) is 2.29. The van der Waals surface area contributed by atoms with Crippen LogP contribution in [-0.4, -0.2) is 28.3 Å². The lowest BCUT2D eigenvalue weighted by Gasteiger charge is -2.21. The maximum atomic E-state index is 4.35. The summed E-state index contributed by atoms with van der Waals surface area (Å²) < 4.78 is 0. The monoisotopic (exact) mass is 252 g/mol. The van der Waals surface area contributed by atoms with E-state index in [0.717, 1.165) is 24.5 Å². The number of halogens is 1. The highest BCUT2D eigenvalue weighted by molar-refractivity contribution is 5.85. The third kappa shape index (κ3) is 2.53. The van der Waals surface area contributed by atoms with Gasteiger partial charge < -0.3 is 10.3 Å². The molecule has 92 valence electrons. The number of piperidine rings is 1. The molecule has 0 saturated carbocycles. The van der Waals surface area contributed by atoms with Gasteiger partial charge in [0.05, 0.1) is 5.69 Å². The highest BCUT2D eigenvalue weighted by atomic mass is 35.5. The molecule has 0 amide bonds. The molecule has 0 spiro atoms. The minimum atomic E-state index is 0. The van der Waals surface area contributed by atoms with Crippen molar-refractivity contribution in [1.82, 2.24) is 20.5 Å². The fourth-order valence-corrected chi connectivity index (χ4v) is 2.29. The number of rotatable bonds is 2. The van der Waals surface area contributed by atoms with Gasteiger partial charge in [0.15, 0.2) is 0 Å². The first-order valence-electron chi connectivity index (χ1n) is 5.83. The Morgan fingerprint density at radius 3 is 3.00 bits per heavy atom. The molecule has 5 heteroatoms. The maximum absolute atomic E-state index is 4.35. The van der Waals surface area contributed by atoms with Crippen LogP contribution in [0.5, 0.6) is 0 Å². The highest BCUT2D eigenvalue weighted by Crippen LogP contribution is 2.24. The van der Waals surface area contributed by atoms with Crippen LogP contribution in [0.2, 0.25) is 0 Å². The molecule has 1 atom stereocenters. The van der Waals surface area contributed by atoms with Crippen molar-refractivity contribution in [1.29, 1.82) is 0 Å². The Balaban J connectivity index is 0.00000108. The summed E-state index contributed by atoms with van der Waals surface area (Å²) in [6.45, 7) is 2.21. The SMILES string of the molecule is Cl.c1c[nH]c(-c2cc([C@H]3CCCNC3)[nH]n2)c1. The van der Waals surface area contributed by atoms with Crippen molar-refractivity contribution in [2.24, 2.45) is 0 Å². The molecule has 1 saturated heterocycles. The van der Waals surface area contributed by atoms with Crippen molar-refractivity contribution in [3.63, 3.8) is 0 Å². The minimum Gasteiger partial charge on any atom is -0.360 e. The van der Waals surface area contributed by atoms with Gasteiger partial charge in [-0.05, 0) is 37.6 Å². The summed E-state index contributed by atoms with van der Waals surface area (Å²) in [4.78, 5) is 3.17.